The van der Waals surface area contributed by atoms with Crippen LogP contribution in [-0.4, -0.2) is 122 Å². The minimum absolute atomic E-state index is 0. The molecule has 2 aliphatic rings. The van der Waals surface area contributed by atoms with Crippen LogP contribution in [-0.2, 0) is 16.5 Å². The number of hydrogen-bond acceptors (Lipinski definition) is 7. The van der Waals surface area contributed by atoms with Crippen molar-refractivity contribution in [2.75, 3.05) is 52.4 Å². The summed E-state index contributed by atoms with van der Waals surface area (Å²) in [6.45, 7) is 15.0. The van der Waals surface area contributed by atoms with E-state index in [0.717, 1.165) is 0 Å². The van der Waals surface area contributed by atoms with Crippen LogP contribution in [0.5, 0.6) is 0 Å². The fourth-order valence-electron chi connectivity index (χ4n) is 4.08. The third-order valence-electron chi connectivity index (χ3n) is 6.12. The molecule has 0 bridgehead atoms. The Hall–Kier alpha value is -3.37. The van der Waals surface area contributed by atoms with Gasteiger partial charge in [0, 0.05) is 64.8 Å². The summed E-state index contributed by atoms with van der Waals surface area (Å²) in [4.78, 5) is 58.8. The second kappa shape index (κ2) is 14.7. The van der Waals surface area contributed by atoms with Crippen LogP contribution < -0.4 is 28.5 Å². The molecule has 0 radical (unpaired) electrons. The van der Waals surface area contributed by atoms with Gasteiger partial charge in [0.15, 0.2) is 0 Å². The molecular formula is C27H43IN8O6. The summed E-state index contributed by atoms with van der Waals surface area (Å²) in [6, 6.07) is -0.189. The number of halogens is 1. The molecule has 0 atom stereocenters. The van der Waals surface area contributed by atoms with Crippen molar-refractivity contribution in [3.05, 3.63) is 37.4 Å². The minimum atomic E-state index is -0.499. The normalized spacial score (nSPS) is 15.7. The molecule has 0 N–H and O–H groups in total. The number of aryl methyl sites for hydroxylation is 1. The molecule has 2 aliphatic heterocycles. The summed E-state index contributed by atoms with van der Waals surface area (Å²) in [7, 11) is 1.87. The molecule has 0 spiro atoms. The number of amides is 4. The quantitative estimate of drug-likeness (QED) is 0.261. The van der Waals surface area contributed by atoms with E-state index in [4.69, 9.17) is 9.47 Å². The molecule has 2 aromatic heterocycles. The zero-order chi connectivity index (χ0) is 30.4. The molecule has 4 heterocycles. The van der Waals surface area contributed by atoms with Crippen molar-refractivity contribution in [2.24, 2.45) is 7.05 Å². The van der Waals surface area contributed by atoms with Gasteiger partial charge in [-0.15, -0.1) is 0 Å². The number of hydrogen-bond donors (Lipinski definition) is 0. The maximum absolute atomic E-state index is 12.3. The largest absolute Gasteiger partial charge is 1.00 e. The molecule has 0 aliphatic carbocycles. The van der Waals surface area contributed by atoms with Crippen LogP contribution >= 0.6 is 0 Å². The van der Waals surface area contributed by atoms with Gasteiger partial charge in [-0.2, -0.15) is 4.57 Å². The summed E-state index contributed by atoms with van der Waals surface area (Å²) in [5.41, 5.74) is -0.995. The van der Waals surface area contributed by atoms with Crippen LogP contribution in [0.15, 0.2) is 37.4 Å². The standard InChI is InChI=1S/C14H23N4O3.C13H20N4O3.HI/c1-14(2,3)21-13(20)17-9-7-16(8-10-17)12(19)18-6-5-15(4)11-18;1-13(2,3)20-12(19)16-8-6-15(7-9-16)11(18)17-5-4-14-10-17;/h5-6,11H,7-10H2,1-4H3;4-5,10H,6-9H2,1-3H3;1H/q+1;;/p-1. The van der Waals surface area contributed by atoms with Crippen LogP contribution in [0.1, 0.15) is 41.5 Å². The van der Waals surface area contributed by atoms with E-state index >= 15 is 0 Å². The van der Waals surface area contributed by atoms with Gasteiger partial charge in [-0.05, 0) is 41.5 Å². The van der Waals surface area contributed by atoms with E-state index in [1.165, 1.54) is 10.9 Å². The van der Waals surface area contributed by atoms with E-state index in [-0.39, 0.29) is 48.2 Å². The topological polar surface area (TPSA) is 126 Å². The maximum atomic E-state index is 12.3. The lowest BCUT2D eigenvalue weighted by molar-refractivity contribution is -0.670. The monoisotopic (exact) mass is 702 g/mol. The van der Waals surface area contributed by atoms with Crippen molar-refractivity contribution in [3.63, 3.8) is 0 Å². The highest BCUT2D eigenvalue weighted by molar-refractivity contribution is 5.77. The van der Waals surface area contributed by atoms with Gasteiger partial charge in [-0.3, -0.25) is 4.57 Å². The first-order valence-corrected chi connectivity index (χ1v) is 13.7. The van der Waals surface area contributed by atoms with E-state index in [1.54, 1.807) is 49.1 Å². The van der Waals surface area contributed by atoms with Gasteiger partial charge in [-0.25, -0.2) is 28.7 Å². The summed E-state index contributed by atoms with van der Waals surface area (Å²) >= 11 is 0. The lowest BCUT2D eigenvalue weighted by Crippen LogP contribution is -3.00. The number of carbonyl (C=O) groups is 4. The summed E-state index contributed by atoms with van der Waals surface area (Å²) in [5, 5.41) is 0. The van der Waals surface area contributed by atoms with Gasteiger partial charge in [0.05, 0.1) is 7.05 Å². The van der Waals surface area contributed by atoms with Gasteiger partial charge in [0.25, 0.3) is 6.33 Å². The van der Waals surface area contributed by atoms with Crippen LogP contribution in [0, 0.1) is 0 Å². The van der Waals surface area contributed by atoms with Crippen molar-refractivity contribution >= 4 is 24.2 Å². The number of piperazine rings is 2. The highest BCUT2D eigenvalue weighted by atomic mass is 127. The van der Waals surface area contributed by atoms with Crippen molar-refractivity contribution in [2.45, 2.75) is 52.7 Å². The van der Waals surface area contributed by atoms with Crippen LogP contribution in [0.3, 0.4) is 0 Å². The van der Waals surface area contributed by atoms with Gasteiger partial charge in [0.2, 0.25) is 0 Å². The van der Waals surface area contributed by atoms with Gasteiger partial charge < -0.3 is 53.1 Å². The second-order valence-electron chi connectivity index (χ2n) is 11.9. The Morgan fingerprint density at radius 1 is 0.667 bits per heavy atom. The van der Waals surface area contributed by atoms with Crippen LogP contribution in [0.4, 0.5) is 19.2 Å². The average molecular weight is 703 g/mol. The predicted molar refractivity (Wildman–Crippen MR) is 148 cm³/mol. The third-order valence-corrected chi connectivity index (χ3v) is 6.12. The van der Waals surface area contributed by atoms with Gasteiger partial charge in [0.1, 0.15) is 29.9 Å². The van der Waals surface area contributed by atoms with Crippen LogP contribution in [0.2, 0.25) is 0 Å². The Bertz CT molecular complexity index is 1190. The molecule has 0 aromatic carbocycles. The number of ether oxygens (including phenoxy) is 2. The minimum Gasteiger partial charge on any atom is -1.00 e. The molecule has 0 unspecified atom stereocenters. The second-order valence-corrected chi connectivity index (χ2v) is 11.9. The molecule has 15 heteroatoms. The molecule has 2 saturated heterocycles. The summed E-state index contributed by atoms with van der Waals surface area (Å²) in [5.74, 6) is 0. The van der Waals surface area contributed by atoms with Crippen molar-refractivity contribution in [1.29, 1.82) is 0 Å². The van der Waals surface area contributed by atoms with Crippen molar-refractivity contribution in [1.82, 2.24) is 33.7 Å². The van der Waals surface area contributed by atoms with Gasteiger partial charge in [-0.1, -0.05) is 0 Å². The number of rotatable bonds is 0. The highest BCUT2D eigenvalue weighted by Crippen LogP contribution is 2.13. The zero-order valence-corrected chi connectivity index (χ0v) is 27.7. The lowest BCUT2D eigenvalue weighted by atomic mass is 10.2. The van der Waals surface area contributed by atoms with Crippen molar-refractivity contribution in [3.8, 4) is 0 Å². The Labute approximate surface area is 264 Å². The smallest absolute Gasteiger partial charge is 0.415 e. The molecule has 14 nitrogen and oxygen atoms in total. The average Bonchev–Trinajstić information content (AvgIpc) is 3.59. The fraction of sp³-hybridized carbons (Fsp3) is 0.630. The molecule has 0 saturated carbocycles. The third kappa shape index (κ3) is 10.5. The van der Waals surface area contributed by atoms with Crippen LogP contribution in [0.25, 0.3) is 0 Å². The first-order valence-electron chi connectivity index (χ1n) is 13.7. The highest BCUT2D eigenvalue weighted by Gasteiger charge is 2.30. The number of imidazole rings is 2. The van der Waals surface area contributed by atoms with Crippen molar-refractivity contribution < 1.29 is 57.2 Å². The van der Waals surface area contributed by atoms with E-state index in [9.17, 15) is 19.2 Å². The summed E-state index contributed by atoms with van der Waals surface area (Å²) in [6.07, 6.45) is 9.27. The first-order chi connectivity index (χ1) is 19.1. The molecule has 2 fully saturated rings. The Morgan fingerprint density at radius 3 is 1.40 bits per heavy atom. The fourth-order valence-corrected chi connectivity index (χ4v) is 4.08. The number of nitrogens with zero attached hydrogens (tertiary/aromatic N) is 8. The summed E-state index contributed by atoms with van der Waals surface area (Å²) < 4.78 is 15.4. The molecule has 2 aromatic rings. The molecule has 234 valence electrons. The zero-order valence-electron chi connectivity index (χ0n) is 25.5. The number of aromatic nitrogens is 4. The number of carbonyl (C=O) groups excluding carboxylic acids is 4. The Balaban J connectivity index is 0.000000287. The van der Waals surface area contributed by atoms with E-state index in [2.05, 4.69) is 4.98 Å². The van der Waals surface area contributed by atoms with Gasteiger partial charge >= 0.3 is 24.2 Å². The molecule has 42 heavy (non-hydrogen) atoms. The molecule has 4 rings (SSSR count). The lowest BCUT2D eigenvalue weighted by Gasteiger charge is -2.35. The van der Waals surface area contributed by atoms with E-state index in [1.807, 2.05) is 59.4 Å². The van der Waals surface area contributed by atoms with E-state index < -0.39 is 11.2 Å². The Kier molecular flexibility index (Phi) is 12.2. The Morgan fingerprint density at radius 2 is 1.07 bits per heavy atom. The maximum Gasteiger partial charge on any atom is 0.415 e. The first kappa shape index (κ1) is 34.8. The SMILES string of the molecule is CC(C)(C)OC(=O)N1CCN(C(=O)n2ccnc2)CC1.C[n+]1ccn(C(=O)N2CCN(C(=O)OC(C)(C)C)CC2)c1.[I-]. The predicted octanol–water partition coefficient (Wildman–Crippen LogP) is -0.759. The van der Waals surface area contributed by atoms with E-state index in [0.29, 0.717) is 52.4 Å². The molecule has 4 amide bonds. The molecular weight excluding hydrogens is 659 g/mol.